The molecule has 0 spiro atoms. The molecular weight excluding hydrogens is 320 g/mol. The normalized spacial score (nSPS) is 20.1. The highest BCUT2D eigenvalue weighted by atomic mass is 16.5. The molecule has 0 N–H and O–H groups in total. The monoisotopic (exact) mass is 342 g/mol. The zero-order chi connectivity index (χ0) is 18.8. The van der Waals surface area contributed by atoms with Crippen molar-refractivity contribution in [2.75, 3.05) is 14.2 Å². The number of ketones is 3. The largest absolute Gasteiger partial charge is 0.500 e. The molecule has 0 fully saturated rings. The Balaban J connectivity index is 2.29. The lowest BCUT2D eigenvalue weighted by Crippen LogP contribution is -2.46. The summed E-state index contributed by atoms with van der Waals surface area (Å²) in [5.74, 6) is -1.74. The van der Waals surface area contributed by atoms with Gasteiger partial charge in [-0.3, -0.25) is 14.4 Å². The van der Waals surface area contributed by atoms with Gasteiger partial charge in [-0.2, -0.15) is 0 Å². The van der Waals surface area contributed by atoms with E-state index in [2.05, 4.69) is 0 Å². The average molecular weight is 342 g/mol. The Morgan fingerprint density at radius 3 is 2.20 bits per heavy atom. The number of hydrogen-bond donors (Lipinski definition) is 0. The van der Waals surface area contributed by atoms with Crippen molar-refractivity contribution in [3.05, 3.63) is 47.2 Å². The first-order chi connectivity index (χ1) is 11.7. The Labute approximate surface area is 147 Å². The molecule has 0 heterocycles. The van der Waals surface area contributed by atoms with Gasteiger partial charge in [0.15, 0.2) is 17.3 Å². The van der Waals surface area contributed by atoms with Crippen molar-refractivity contribution >= 4 is 23.4 Å². The first-order valence-corrected chi connectivity index (χ1v) is 7.94. The summed E-state index contributed by atoms with van der Waals surface area (Å²) in [6.07, 6.45) is 2.86. The number of carbonyl (C=O) groups is 3. The number of Topliss-reactive ketones (excluding diaryl/α,β-unsaturated/α-hetero) is 2. The number of ether oxygens (including phenoxy) is 2. The molecule has 0 aliphatic heterocycles. The van der Waals surface area contributed by atoms with Gasteiger partial charge in [-0.25, -0.2) is 0 Å². The quantitative estimate of drug-likeness (QED) is 0.608. The van der Waals surface area contributed by atoms with E-state index in [4.69, 9.17) is 9.47 Å². The van der Waals surface area contributed by atoms with Crippen molar-refractivity contribution in [2.45, 2.75) is 20.8 Å². The molecule has 0 radical (unpaired) electrons. The minimum atomic E-state index is -1.32. The van der Waals surface area contributed by atoms with Gasteiger partial charge in [-0.1, -0.05) is 18.2 Å². The fourth-order valence-electron chi connectivity index (χ4n) is 3.05. The summed E-state index contributed by atoms with van der Waals surface area (Å²) in [6.45, 7) is 4.91. The number of methoxy groups -OCH3 is 2. The molecule has 1 aromatic carbocycles. The number of rotatable bonds is 5. The molecule has 0 amide bonds. The van der Waals surface area contributed by atoms with Crippen LogP contribution in [-0.2, 0) is 19.1 Å². The summed E-state index contributed by atoms with van der Waals surface area (Å²) in [4.78, 5) is 37.7. The fourth-order valence-corrected chi connectivity index (χ4v) is 3.05. The molecule has 25 heavy (non-hydrogen) atoms. The van der Waals surface area contributed by atoms with Crippen LogP contribution in [0.2, 0.25) is 0 Å². The summed E-state index contributed by atoms with van der Waals surface area (Å²) in [7, 11) is 2.99. The number of hydrogen-bond acceptors (Lipinski definition) is 5. The van der Waals surface area contributed by atoms with Crippen LogP contribution in [0.1, 0.15) is 26.3 Å². The van der Waals surface area contributed by atoms with E-state index in [0.29, 0.717) is 17.1 Å². The molecule has 0 bridgehead atoms. The van der Waals surface area contributed by atoms with Gasteiger partial charge in [0.1, 0.15) is 17.4 Å². The maximum absolute atomic E-state index is 12.7. The fraction of sp³-hybridized carbons (Fsp3) is 0.350. The second-order valence-corrected chi connectivity index (χ2v) is 6.45. The molecule has 2 rings (SSSR count). The maximum atomic E-state index is 12.7. The minimum absolute atomic E-state index is 0.322. The molecular formula is C20H22O5. The van der Waals surface area contributed by atoms with Crippen molar-refractivity contribution in [2.24, 2.45) is 11.3 Å². The van der Waals surface area contributed by atoms with Gasteiger partial charge in [0, 0.05) is 5.57 Å². The van der Waals surface area contributed by atoms with Gasteiger partial charge in [0.2, 0.25) is 0 Å². The van der Waals surface area contributed by atoms with Crippen LogP contribution in [0.25, 0.3) is 6.08 Å². The van der Waals surface area contributed by atoms with E-state index in [0.717, 1.165) is 5.56 Å². The lowest BCUT2D eigenvalue weighted by atomic mass is 9.69. The minimum Gasteiger partial charge on any atom is -0.500 e. The van der Waals surface area contributed by atoms with Gasteiger partial charge in [0.25, 0.3) is 0 Å². The molecule has 0 saturated carbocycles. The van der Waals surface area contributed by atoms with Crippen LogP contribution in [0.5, 0.6) is 5.75 Å². The summed E-state index contributed by atoms with van der Waals surface area (Å²) in [5.41, 5.74) is 0.0818. The highest BCUT2D eigenvalue weighted by Gasteiger charge is 2.49. The summed E-state index contributed by atoms with van der Waals surface area (Å²) >= 11 is 0. The number of benzene rings is 1. The van der Waals surface area contributed by atoms with E-state index in [1.165, 1.54) is 13.2 Å². The van der Waals surface area contributed by atoms with Crippen molar-refractivity contribution in [3.8, 4) is 5.75 Å². The third-order valence-electron chi connectivity index (χ3n) is 4.46. The molecule has 0 saturated heterocycles. The summed E-state index contributed by atoms with van der Waals surface area (Å²) < 4.78 is 10.3. The number of carbonyl (C=O) groups excluding carboxylic acids is 3. The van der Waals surface area contributed by atoms with E-state index in [1.54, 1.807) is 58.2 Å². The molecule has 5 nitrogen and oxygen atoms in total. The Morgan fingerprint density at radius 1 is 1.08 bits per heavy atom. The first kappa shape index (κ1) is 18.6. The van der Waals surface area contributed by atoms with Crippen LogP contribution < -0.4 is 4.74 Å². The van der Waals surface area contributed by atoms with Crippen LogP contribution in [0.4, 0.5) is 0 Å². The van der Waals surface area contributed by atoms with Crippen LogP contribution in [-0.4, -0.2) is 31.6 Å². The van der Waals surface area contributed by atoms with Crippen LogP contribution in [0, 0.1) is 11.3 Å². The predicted molar refractivity (Wildman–Crippen MR) is 94.0 cm³/mol. The summed E-state index contributed by atoms with van der Waals surface area (Å²) in [5, 5.41) is 0. The maximum Gasteiger partial charge on any atom is 0.180 e. The van der Waals surface area contributed by atoms with Gasteiger partial charge < -0.3 is 9.47 Å². The predicted octanol–water partition coefficient (Wildman–Crippen LogP) is 2.99. The molecule has 0 aromatic heterocycles. The molecule has 132 valence electrons. The van der Waals surface area contributed by atoms with E-state index >= 15 is 0 Å². The highest BCUT2D eigenvalue weighted by molar-refractivity contribution is 6.30. The topological polar surface area (TPSA) is 69.7 Å². The third-order valence-corrected chi connectivity index (χ3v) is 4.46. The molecule has 1 atom stereocenters. The van der Waals surface area contributed by atoms with E-state index < -0.39 is 28.7 Å². The molecule has 1 aromatic rings. The Morgan fingerprint density at radius 2 is 1.68 bits per heavy atom. The Kier molecular flexibility index (Phi) is 5.26. The molecule has 1 unspecified atom stereocenters. The van der Waals surface area contributed by atoms with Gasteiger partial charge >= 0.3 is 0 Å². The number of allylic oxidation sites excluding steroid dienone is 3. The lowest BCUT2D eigenvalue weighted by molar-refractivity contribution is -0.143. The Hall–Kier alpha value is -2.69. The van der Waals surface area contributed by atoms with Crippen LogP contribution in [0.3, 0.4) is 0 Å². The van der Waals surface area contributed by atoms with Crippen molar-refractivity contribution < 1.29 is 23.9 Å². The van der Waals surface area contributed by atoms with E-state index in [-0.39, 0.29) is 0 Å². The second kappa shape index (κ2) is 7.05. The summed E-state index contributed by atoms with van der Waals surface area (Å²) in [6, 6.07) is 7.10. The van der Waals surface area contributed by atoms with Gasteiger partial charge in [0.05, 0.1) is 19.6 Å². The second-order valence-electron chi connectivity index (χ2n) is 6.45. The van der Waals surface area contributed by atoms with Crippen LogP contribution >= 0.6 is 0 Å². The highest BCUT2D eigenvalue weighted by Crippen LogP contribution is 2.39. The van der Waals surface area contributed by atoms with Gasteiger partial charge in [-0.15, -0.1) is 0 Å². The third kappa shape index (κ3) is 3.40. The van der Waals surface area contributed by atoms with E-state index in [1.807, 2.05) is 0 Å². The molecule has 1 aliphatic carbocycles. The Bertz CT molecular complexity index is 766. The first-order valence-electron chi connectivity index (χ1n) is 7.94. The van der Waals surface area contributed by atoms with E-state index in [9.17, 15) is 14.4 Å². The van der Waals surface area contributed by atoms with Crippen LogP contribution in [0.15, 0.2) is 41.7 Å². The average Bonchev–Trinajstić information content (AvgIpc) is 2.59. The molecule has 1 aliphatic rings. The molecule has 5 heteroatoms. The van der Waals surface area contributed by atoms with Gasteiger partial charge in [-0.05, 0) is 44.5 Å². The van der Waals surface area contributed by atoms with Crippen molar-refractivity contribution in [1.82, 2.24) is 0 Å². The standard InChI is InChI=1S/C20H22O5/c1-12-17(22)16(18(23)20(2,3)19(12)25-5)15(21)11-8-13-6-9-14(24-4)10-7-13/h6-11,16H,1-5H3. The smallest absolute Gasteiger partial charge is 0.180 e. The lowest BCUT2D eigenvalue weighted by Gasteiger charge is -2.34. The van der Waals surface area contributed by atoms with Crippen molar-refractivity contribution in [3.63, 3.8) is 0 Å². The van der Waals surface area contributed by atoms with Crippen molar-refractivity contribution in [1.29, 1.82) is 0 Å². The zero-order valence-electron chi connectivity index (χ0n) is 15.1. The zero-order valence-corrected chi connectivity index (χ0v) is 15.1. The SMILES string of the molecule is COC1=C(C)C(=O)C(C(=O)C=Cc2ccc(OC)cc2)C(=O)C1(C)C.